The van der Waals surface area contributed by atoms with Gasteiger partial charge < -0.3 is 0 Å². The Labute approximate surface area is 114 Å². The summed E-state index contributed by atoms with van der Waals surface area (Å²) in [5, 5.41) is 0. The molecule has 1 aromatic rings. The van der Waals surface area contributed by atoms with Gasteiger partial charge in [-0.2, -0.15) is 0 Å². The van der Waals surface area contributed by atoms with E-state index in [9.17, 15) is 16.8 Å². The van der Waals surface area contributed by atoms with E-state index in [4.69, 9.17) is 0 Å². The summed E-state index contributed by atoms with van der Waals surface area (Å²) in [5.74, 6) is 0.0994. The molecule has 1 N–H and O–H groups in total. The SMILES string of the molecule is Cc1ccc(S(=O)(=O)NC2CCS(=O)(=O)CC2)cc1. The van der Waals surface area contributed by atoms with E-state index >= 15 is 0 Å². The largest absolute Gasteiger partial charge is 0.240 e. The minimum absolute atomic E-state index is 0.0497. The molecule has 0 unspecified atom stereocenters. The zero-order valence-electron chi connectivity index (χ0n) is 10.7. The van der Waals surface area contributed by atoms with E-state index < -0.39 is 19.9 Å². The molecule has 1 saturated heterocycles. The quantitative estimate of drug-likeness (QED) is 0.897. The van der Waals surface area contributed by atoms with Crippen LogP contribution in [-0.2, 0) is 19.9 Å². The topological polar surface area (TPSA) is 80.3 Å². The normalized spacial score (nSPS) is 20.3. The van der Waals surface area contributed by atoms with E-state index in [-0.39, 0.29) is 22.4 Å². The van der Waals surface area contributed by atoms with Gasteiger partial charge in [0.25, 0.3) is 0 Å². The van der Waals surface area contributed by atoms with Gasteiger partial charge in [-0.1, -0.05) is 17.7 Å². The second-order valence-electron chi connectivity index (χ2n) is 4.86. The van der Waals surface area contributed by atoms with Gasteiger partial charge in [-0.25, -0.2) is 21.6 Å². The average molecular weight is 303 g/mol. The monoisotopic (exact) mass is 303 g/mol. The van der Waals surface area contributed by atoms with Gasteiger partial charge in [0.05, 0.1) is 16.4 Å². The number of rotatable bonds is 3. The highest BCUT2D eigenvalue weighted by molar-refractivity contribution is 7.91. The van der Waals surface area contributed by atoms with Crippen LogP contribution < -0.4 is 4.72 Å². The number of aryl methyl sites for hydroxylation is 1. The molecule has 0 aromatic heterocycles. The maximum Gasteiger partial charge on any atom is 0.240 e. The summed E-state index contributed by atoms with van der Waals surface area (Å²) >= 11 is 0. The lowest BCUT2D eigenvalue weighted by Gasteiger charge is -2.22. The molecule has 0 radical (unpaired) electrons. The molecule has 1 aliphatic heterocycles. The van der Waals surface area contributed by atoms with Gasteiger partial charge in [0.15, 0.2) is 0 Å². The zero-order valence-corrected chi connectivity index (χ0v) is 12.3. The summed E-state index contributed by atoms with van der Waals surface area (Å²) in [5.41, 5.74) is 0.989. The van der Waals surface area contributed by atoms with E-state index in [1.807, 2.05) is 6.92 Å². The minimum Gasteiger partial charge on any atom is -0.229 e. The Morgan fingerprint density at radius 2 is 1.63 bits per heavy atom. The lowest BCUT2D eigenvalue weighted by atomic mass is 10.2. The van der Waals surface area contributed by atoms with Crippen LogP contribution in [0.25, 0.3) is 0 Å². The van der Waals surface area contributed by atoms with Crippen LogP contribution in [0, 0.1) is 6.92 Å². The molecule has 0 aliphatic carbocycles. The maximum atomic E-state index is 12.1. The first-order chi connectivity index (χ1) is 8.78. The molecule has 5 nitrogen and oxygen atoms in total. The van der Waals surface area contributed by atoms with E-state index in [0.717, 1.165) is 5.56 Å². The van der Waals surface area contributed by atoms with Crippen molar-refractivity contribution < 1.29 is 16.8 Å². The van der Waals surface area contributed by atoms with Gasteiger partial charge >= 0.3 is 0 Å². The molecule has 2 rings (SSSR count). The maximum absolute atomic E-state index is 12.1. The Balaban J connectivity index is 2.08. The van der Waals surface area contributed by atoms with Crippen molar-refractivity contribution in [2.24, 2.45) is 0 Å². The third-order valence-electron chi connectivity index (χ3n) is 3.21. The Kier molecular flexibility index (Phi) is 3.98. The lowest BCUT2D eigenvalue weighted by molar-refractivity contribution is 0.505. The third kappa shape index (κ3) is 3.77. The fourth-order valence-electron chi connectivity index (χ4n) is 2.01. The minimum atomic E-state index is -3.56. The first-order valence-corrected chi connectivity index (χ1v) is 9.38. The predicted molar refractivity (Wildman–Crippen MR) is 73.2 cm³/mol. The van der Waals surface area contributed by atoms with Crippen LogP contribution in [0.15, 0.2) is 29.2 Å². The van der Waals surface area contributed by atoms with Crippen LogP contribution >= 0.6 is 0 Å². The number of nitrogens with one attached hydrogen (secondary N) is 1. The highest BCUT2D eigenvalue weighted by Gasteiger charge is 2.27. The van der Waals surface area contributed by atoms with Gasteiger partial charge in [0.2, 0.25) is 10.0 Å². The number of sulfone groups is 1. The molecular formula is C12H17NO4S2. The van der Waals surface area contributed by atoms with Crippen molar-refractivity contribution >= 4 is 19.9 Å². The van der Waals surface area contributed by atoms with Crippen molar-refractivity contribution in [2.75, 3.05) is 11.5 Å². The molecule has 0 atom stereocenters. The second kappa shape index (κ2) is 5.22. The molecule has 1 heterocycles. The van der Waals surface area contributed by atoms with Crippen molar-refractivity contribution in [2.45, 2.75) is 30.7 Å². The molecule has 0 saturated carbocycles. The summed E-state index contributed by atoms with van der Waals surface area (Å²) in [6.45, 7) is 1.88. The molecule has 1 aliphatic rings. The number of hydrogen-bond donors (Lipinski definition) is 1. The standard InChI is InChI=1S/C12H17NO4S2/c1-10-2-4-12(5-3-10)19(16,17)13-11-6-8-18(14,15)9-7-11/h2-5,11,13H,6-9H2,1H3. The van der Waals surface area contributed by atoms with E-state index in [2.05, 4.69) is 4.72 Å². The van der Waals surface area contributed by atoms with Crippen LogP contribution in [-0.4, -0.2) is 34.4 Å². The van der Waals surface area contributed by atoms with Gasteiger partial charge in [-0.15, -0.1) is 0 Å². The average Bonchev–Trinajstić information content (AvgIpc) is 2.32. The molecule has 0 bridgehead atoms. The molecule has 7 heteroatoms. The van der Waals surface area contributed by atoms with Crippen LogP contribution in [0.2, 0.25) is 0 Å². The molecule has 0 spiro atoms. The van der Waals surface area contributed by atoms with Crippen molar-refractivity contribution in [3.63, 3.8) is 0 Å². The molecule has 0 amide bonds. The molecule has 1 fully saturated rings. The van der Waals surface area contributed by atoms with E-state index in [1.165, 1.54) is 0 Å². The van der Waals surface area contributed by atoms with Crippen molar-refractivity contribution in [1.29, 1.82) is 0 Å². The summed E-state index contributed by atoms with van der Waals surface area (Å²) in [4.78, 5) is 0.214. The predicted octanol–water partition coefficient (Wildman–Crippen LogP) is 0.851. The van der Waals surface area contributed by atoms with E-state index in [1.54, 1.807) is 24.3 Å². The first-order valence-electron chi connectivity index (χ1n) is 6.08. The van der Waals surface area contributed by atoms with Gasteiger partial charge in [0.1, 0.15) is 9.84 Å². The Bertz CT molecular complexity index is 633. The smallest absolute Gasteiger partial charge is 0.229 e. The van der Waals surface area contributed by atoms with E-state index in [0.29, 0.717) is 12.8 Å². The lowest BCUT2D eigenvalue weighted by Crippen LogP contribution is -2.40. The Morgan fingerprint density at radius 3 is 2.16 bits per heavy atom. The van der Waals surface area contributed by atoms with Gasteiger partial charge in [-0.3, -0.25) is 0 Å². The van der Waals surface area contributed by atoms with Crippen LogP contribution in [0.3, 0.4) is 0 Å². The summed E-state index contributed by atoms with van der Waals surface area (Å²) in [7, 11) is -6.54. The number of benzene rings is 1. The van der Waals surface area contributed by atoms with Gasteiger partial charge in [0, 0.05) is 6.04 Å². The summed E-state index contributed by atoms with van der Waals surface area (Å²) in [6.07, 6.45) is 0.681. The number of hydrogen-bond acceptors (Lipinski definition) is 4. The highest BCUT2D eigenvalue weighted by Crippen LogP contribution is 2.16. The summed E-state index contributed by atoms with van der Waals surface area (Å²) < 4.78 is 49.4. The van der Waals surface area contributed by atoms with Crippen molar-refractivity contribution in [3.05, 3.63) is 29.8 Å². The highest BCUT2D eigenvalue weighted by atomic mass is 32.2. The van der Waals surface area contributed by atoms with Crippen LogP contribution in [0.5, 0.6) is 0 Å². The molecule has 106 valence electrons. The molecule has 19 heavy (non-hydrogen) atoms. The molecule has 1 aromatic carbocycles. The number of sulfonamides is 1. The van der Waals surface area contributed by atoms with Crippen LogP contribution in [0.4, 0.5) is 0 Å². The fraction of sp³-hybridized carbons (Fsp3) is 0.500. The Morgan fingerprint density at radius 1 is 1.11 bits per heavy atom. The Hall–Kier alpha value is -0.920. The fourth-order valence-corrected chi connectivity index (χ4v) is 4.81. The van der Waals surface area contributed by atoms with Crippen molar-refractivity contribution in [1.82, 2.24) is 4.72 Å². The van der Waals surface area contributed by atoms with Crippen molar-refractivity contribution in [3.8, 4) is 0 Å². The van der Waals surface area contributed by atoms with Gasteiger partial charge in [-0.05, 0) is 31.9 Å². The zero-order chi connectivity index (χ0) is 14.1. The third-order valence-corrected chi connectivity index (χ3v) is 6.46. The van der Waals surface area contributed by atoms with Crippen LogP contribution in [0.1, 0.15) is 18.4 Å². The molecular weight excluding hydrogens is 286 g/mol. The second-order valence-corrected chi connectivity index (χ2v) is 8.88. The first kappa shape index (κ1) is 14.5. The summed E-state index contributed by atoms with van der Waals surface area (Å²) in [6, 6.07) is 6.28.